The zero-order chi connectivity index (χ0) is 12.0. The molecule has 0 aromatic heterocycles. The molecule has 1 N–H and O–H groups in total. The number of thioether (sulfide) groups is 1. The van der Waals surface area contributed by atoms with Crippen LogP contribution in [0.5, 0.6) is 0 Å². The lowest BCUT2D eigenvalue weighted by Gasteiger charge is -2.17. The van der Waals surface area contributed by atoms with Crippen molar-refractivity contribution >= 4 is 36.9 Å². The normalized spacial score (nSPS) is 24.2. The summed E-state index contributed by atoms with van der Waals surface area (Å²) >= 11 is 6.46. The number of hydrogen-bond acceptors (Lipinski definition) is 6. The minimum absolute atomic E-state index is 0.0951. The Morgan fingerprint density at radius 2 is 2.44 bits per heavy atom. The van der Waals surface area contributed by atoms with Crippen LogP contribution in [-0.4, -0.2) is 49.9 Å². The van der Waals surface area contributed by atoms with Crippen molar-refractivity contribution in [3.63, 3.8) is 0 Å². The summed E-state index contributed by atoms with van der Waals surface area (Å²) in [6.07, 6.45) is 0.912. The molecule has 0 spiro atoms. The molecule has 7 heteroatoms. The lowest BCUT2D eigenvalue weighted by molar-refractivity contribution is 0.0617. The summed E-state index contributed by atoms with van der Waals surface area (Å²) in [5, 5.41) is 0. The van der Waals surface area contributed by atoms with E-state index < -0.39 is 8.56 Å². The van der Waals surface area contributed by atoms with Gasteiger partial charge in [0.05, 0.1) is 6.61 Å². The van der Waals surface area contributed by atoms with Crippen molar-refractivity contribution in [2.24, 2.45) is 0 Å². The molecule has 0 aromatic carbocycles. The van der Waals surface area contributed by atoms with Crippen LogP contribution >= 0.6 is 24.0 Å². The van der Waals surface area contributed by atoms with Crippen molar-refractivity contribution in [2.45, 2.75) is 25.1 Å². The van der Waals surface area contributed by atoms with Gasteiger partial charge in [-0.2, -0.15) is 0 Å². The molecule has 1 aliphatic heterocycles. The monoisotopic (exact) mass is 282 g/mol. The summed E-state index contributed by atoms with van der Waals surface area (Å²) < 4.78 is 16.4. The second kappa shape index (κ2) is 6.92. The molecular weight excluding hydrogens is 264 g/mol. The average molecular weight is 282 g/mol. The van der Waals surface area contributed by atoms with Gasteiger partial charge >= 0.3 is 8.56 Å². The van der Waals surface area contributed by atoms with Gasteiger partial charge in [-0.15, -0.1) is 0 Å². The van der Waals surface area contributed by atoms with Gasteiger partial charge in [-0.3, -0.25) is 0 Å². The highest BCUT2D eigenvalue weighted by molar-refractivity contribution is 8.22. The Labute approximate surface area is 107 Å². The van der Waals surface area contributed by atoms with Crippen molar-refractivity contribution in [1.29, 1.82) is 0 Å². The molecule has 0 aromatic rings. The van der Waals surface area contributed by atoms with Crippen LogP contribution in [0.25, 0.3) is 0 Å². The minimum atomic E-state index is -2.41. The molecular formula is C9H18O4S2Si. The van der Waals surface area contributed by atoms with Gasteiger partial charge in [-0.05, 0) is 31.2 Å². The molecule has 1 heterocycles. The molecule has 1 aliphatic rings. The third-order valence-electron chi connectivity index (χ3n) is 2.32. The summed E-state index contributed by atoms with van der Waals surface area (Å²) in [7, 11) is -0.853. The Morgan fingerprint density at radius 1 is 1.69 bits per heavy atom. The minimum Gasteiger partial charge on any atom is -0.472 e. The van der Waals surface area contributed by atoms with Gasteiger partial charge in [0.25, 0.3) is 0 Å². The van der Waals surface area contributed by atoms with Crippen LogP contribution in [0.3, 0.4) is 0 Å². The number of hydrogen-bond donors (Lipinski definition) is 1. The second-order valence-corrected chi connectivity index (χ2v) is 8.74. The maximum atomic E-state index is 9.68. The molecule has 2 atom stereocenters. The predicted octanol–water partition coefficient (Wildman–Crippen LogP) is 1.52. The predicted molar refractivity (Wildman–Crippen MR) is 71.0 cm³/mol. The van der Waals surface area contributed by atoms with Crippen molar-refractivity contribution in [3.8, 4) is 0 Å². The Morgan fingerprint density at radius 3 is 3.00 bits per heavy atom. The molecule has 4 nitrogen and oxygen atoms in total. The van der Waals surface area contributed by atoms with Gasteiger partial charge in [0.1, 0.15) is 6.10 Å². The Kier molecular flexibility index (Phi) is 6.23. The SMILES string of the molecule is CO[Si](C)(O)CCCOCC1CSC(=S)O1. The Bertz CT molecular complexity index is 238. The Balaban J connectivity index is 1.98. The molecule has 0 saturated carbocycles. The molecule has 0 radical (unpaired) electrons. The molecule has 0 aliphatic carbocycles. The molecule has 1 saturated heterocycles. The standard InChI is InChI=1S/C9H18O4S2Si/c1-11-16(2,10)5-3-4-12-6-8-7-15-9(14)13-8/h8,10H,3-7H2,1-2H3. The van der Waals surface area contributed by atoms with Gasteiger partial charge in [-0.1, -0.05) is 11.8 Å². The van der Waals surface area contributed by atoms with E-state index in [1.54, 1.807) is 25.4 Å². The first-order valence-corrected chi connectivity index (χ1v) is 9.18. The van der Waals surface area contributed by atoms with Gasteiger partial charge < -0.3 is 18.7 Å². The van der Waals surface area contributed by atoms with Gasteiger partial charge in [0.2, 0.25) is 4.38 Å². The van der Waals surface area contributed by atoms with E-state index in [1.165, 1.54) is 0 Å². The highest BCUT2D eigenvalue weighted by Gasteiger charge is 2.24. The van der Waals surface area contributed by atoms with E-state index in [-0.39, 0.29) is 6.10 Å². The van der Waals surface area contributed by atoms with Crippen LogP contribution in [-0.2, 0) is 13.9 Å². The van der Waals surface area contributed by atoms with Gasteiger partial charge in [0.15, 0.2) is 0 Å². The van der Waals surface area contributed by atoms with E-state index in [1.807, 2.05) is 0 Å². The number of ether oxygens (including phenoxy) is 2. The maximum absolute atomic E-state index is 9.68. The summed E-state index contributed by atoms with van der Waals surface area (Å²) in [6, 6.07) is 0.697. The average Bonchev–Trinajstić information content (AvgIpc) is 2.64. The first kappa shape index (κ1) is 14.4. The highest BCUT2D eigenvalue weighted by Crippen LogP contribution is 2.20. The topological polar surface area (TPSA) is 47.9 Å². The molecule has 0 amide bonds. The first-order valence-electron chi connectivity index (χ1n) is 5.22. The van der Waals surface area contributed by atoms with Crippen molar-refractivity contribution < 1.29 is 18.7 Å². The zero-order valence-corrected chi connectivity index (χ0v) is 12.2. The summed E-state index contributed by atoms with van der Waals surface area (Å²) in [5.74, 6) is 0.878. The molecule has 2 unspecified atom stereocenters. The van der Waals surface area contributed by atoms with Gasteiger partial charge in [0, 0.05) is 19.5 Å². The van der Waals surface area contributed by atoms with Crippen molar-refractivity contribution in [1.82, 2.24) is 0 Å². The smallest absolute Gasteiger partial charge is 0.332 e. The van der Waals surface area contributed by atoms with E-state index in [2.05, 4.69) is 0 Å². The summed E-state index contributed by atoms with van der Waals surface area (Å²) in [6.45, 7) is 2.98. The van der Waals surface area contributed by atoms with Crippen LogP contribution in [0.1, 0.15) is 6.42 Å². The van der Waals surface area contributed by atoms with E-state index in [0.29, 0.717) is 23.6 Å². The zero-order valence-electron chi connectivity index (χ0n) is 9.60. The number of rotatable bonds is 7. The fourth-order valence-corrected chi connectivity index (χ4v) is 3.30. The highest BCUT2D eigenvalue weighted by atomic mass is 32.2. The van der Waals surface area contributed by atoms with Crippen LogP contribution in [0.15, 0.2) is 0 Å². The van der Waals surface area contributed by atoms with Crippen molar-refractivity contribution in [3.05, 3.63) is 0 Å². The maximum Gasteiger partial charge on any atom is 0.332 e. The van der Waals surface area contributed by atoms with Crippen LogP contribution in [0, 0.1) is 0 Å². The van der Waals surface area contributed by atoms with Crippen LogP contribution < -0.4 is 0 Å². The second-order valence-electron chi connectivity index (χ2n) is 3.86. The van der Waals surface area contributed by atoms with Crippen LogP contribution in [0.2, 0.25) is 12.6 Å². The molecule has 94 valence electrons. The molecule has 0 bridgehead atoms. The van der Waals surface area contributed by atoms with Crippen molar-refractivity contribution in [2.75, 3.05) is 26.1 Å². The molecule has 16 heavy (non-hydrogen) atoms. The fourth-order valence-electron chi connectivity index (χ4n) is 1.27. The first-order chi connectivity index (χ1) is 7.53. The molecule has 1 rings (SSSR count). The van der Waals surface area contributed by atoms with Crippen LogP contribution in [0.4, 0.5) is 0 Å². The van der Waals surface area contributed by atoms with E-state index in [9.17, 15) is 4.80 Å². The fraction of sp³-hybridized carbons (Fsp3) is 0.889. The number of thiocarbonyl (C=S) groups is 1. The third-order valence-corrected chi connectivity index (χ3v) is 5.80. The lowest BCUT2D eigenvalue weighted by Crippen LogP contribution is -2.33. The van der Waals surface area contributed by atoms with Gasteiger partial charge in [-0.25, -0.2) is 0 Å². The quantitative estimate of drug-likeness (QED) is 0.434. The Hall–Kier alpha value is 0.337. The largest absolute Gasteiger partial charge is 0.472 e. The lowest BCUT2D eigenvalue weighted by atomic mass is 10.4. The summed E-state index contributed by atoms with van der Waals surface area (Å²) in [4.78, 5) is 9.68. The third kappa shape index (κ3) is 5.60. The van der Waals surface area contributed by atoms with E-state index in [4.69, 9.17) is 26.1 Å². The van der Waals surface area contributed by atoms with E-state index >= 15 is 0 Å². The summed E-state index contributed by atoms with van der Waals surface area (Å²) in [5.41, 5.74) is 0. The van der Waals surface area contributed by atoms with E-state index in [0.717, 1.165) is 12.2 Å². The molecule has 1 fully saturated rings.